The molecule has 0 bridgehead atoms. The van der Waals surface area contributed by atoms with Crippen molar-refractivity contribution in [3.63, 3.8) is 0 Å². The third-order valence-electron chi connectivity index (χ3n) is 8.71. The lowest BCUT2D eigenvalue weighted by atomic mass is 10.00. The Kier molecular flexibility index (Phi) is 4.39. The van der Waals surface area contributed by atoms with Crippen LogP contribution in [0.5, 0.6) is 0 Å². The van der Waals surface area contributed by atoms with E-state index in [0.29, 0.717) is 0 Å². The molecule has 5 heteroatoms. The number of benzene rings is 6. The van der Waals surface area contributed by atoms with Gasteiger partial charge in [-0.05, 0) is 65.7 Å². The van der Waals surface area contributed by atoms with Crippen LogP contribution in [0.2, 0.25) is 0 Å². The Morgan fingerprint density at radius 3 is 1.70 bits per heavy atom. The van der Waals surface area contributed by atoms with Gasteiger partial charge in [0.2, 0.25) is 0 Å². The van der Waals surface area contributed by atoms with Gasteiger partial charge < -0.3 is 4.42 Å². The van der Waals surface area contributed by atoms with Crippen molar-refractivity contribution in [3.05, 3.63) is 133 Å². The zero-order valence-corrected chi connectivity index (χ0v) is 22.9. The van der Waals surface area contributed by atoms with Crippen molar-refractivity contribution in [3.8, 4) is 11.1 Å². The molecule has 0 unspecified atom stereocenters. The lowest BCUT2D eigenvalue weighted by molar-refractivity contribution is 0.669. The van der Waals surface area contributed by atoms with Crippen LogP contribution in [0.4, 0.5) is 0 Å². The molecule has 5 nitrogen and oxygen atoms in total. The second-order valence-electron chi connectivity index (χ2n) is 11.1. The van der Waals surface area contributed by atoms with Crippen molar-refractivity contribution in [2.45, 2.75) is 0 Å². The molecule has 0 amide bonds. The van der Waals surface area contributed by atoms with Gasteiger partial charge in [-0.25, -0.2) is 9.97 Å². The minimum atomic E-state index is 0.821. The molecule has 0 aliphatic carbocycles. The maximum atomic E-state index is 6.12. The van der Waals surface area contributed by atoms with Gasteiger partial charge in [-0.2, -0.15) is 0 Å². The fourth-order valence-corrected chi connectivity index (χ4v) is 6.77. The van der Waals surface area contributed by atoms with Crippen LogP contribution in [0.15, 0.2) is 138 Å². The molecular weight excluding hydrogens is 528 g/mol. The van der Waals surface area contributed by atoms with Crippen LogP contribution in [0.3, 0.4) is 0 Å². The number of aromatic nitrogens is 4. The Labute approximate surface area is 244 Å². The Morgan fingerprint density at radius 2 is 0.930 bits per heavy atom. The highest BCUT2D eigenvalue weighted by atomic mass is 16.3. The van der Waals surface area contributed by atoms with Gasteiger partial charge in [0.1, 0.15) is 11.2 Å². The molecule has 0 spiro atoms. The van der Waals surface area contributed by atoms with Gasteiger partial charge in [0.15, 0.2) is 11.3 Å². The van der Waals surface area contributed by atoms with Crippen molar-refractivity contribution >= 4 is 77.1 Å². The average Bonchev–Trinajstić information content (AvgIpc) is 3.74. The Hall–Kier alpha value is -5.94. The zero-order chi connectivity index (χ0) is 28.1. The number of furan rings is 1. The second-order valence-corrected chi connectivity index (χ2v) is 11.1. The minimum Gasteiger partial charge on any atom is -0.456 e. The van der Waals surface area contributed by atoms with Crippen molar-refractivity contribution in [2.75, 3.05) is 0 Å². The predicted molar refractivity (Wildman–Crippen MR) is 175 cm³/mol. The predicted octanol–water partition coefficient (Wildman–Crippen LogP) is 9.72. The van der Waals surface area contributed by atoms with Crippen molar-refractivity contribution in [2.24, 2.45) is 0 Å². The highest BCUT2D eigenvalue weighted by Gasteiger charge is 2.17. The molecule has 4 aromatic heterocycles. The molecule has 10 aromatic rings. The van der Waals surface area contributed by atoms with Gasteiger partial charge in [-0.3, -0.25) is 8.80 Å². The number of hydrogen-bond donors (Lipinski definition) is 0. The molecule has 10 rings (SSSR count). The number of nitrogens with zero attached hydrogens (tertiary/aromatic N) is 4. The maximum Gasteiger partial charge on any atom is 0.182 e. The summed E-state index contributed by atoms with van der Waals surface area (Å²) >= 11 is 0. The van der Waals surface area contributed by atoms with Crippen LogP contribution in [-0.4, -0.2) is 18.8 Å². The monoisotopic (exact) mass is 550 g/mol. The normalized spacial score (nSPS) is 12.2. The standard InChI is InChI=1S/C38H22N4O/c1-5-13-31-25(9-1)26-19-17-24(23-18-20-36-28(21-23)27-10-2-8-16-35(27)43-36)22-34(26)42-33-15-7-4-12-30(33)40-38(42)37-39-29-11-3-6-14-32(29)41(31)37/h1-22H. The van der Waals surface area contributed by atoms with E-state index in [1.165, 1.54) is 0 Å². The average molecular weight is 551 g/mol. The molecule has 0 fully saturated rings. The molecule has 0 saturated carbocycles. The van der Waals surface area contributed by atoms with Gasteiger partial charge in [-0.1, -0.05) is 78.9 Å². The zero-order valence-electron chi connectivity index (χ0n) is 22.9. The van der Waals surface area contributed by atoms with Gasteiger partial charge in [-0.15, -0.1) is 0 Å². The molecule has 43 heavy (non-hydrogen) atoms. The van der Waals surface area contributed by atoms with Crippen LogP contribution in [0, 0.1) is 0 Å². The SMILES string of the molecule is c1ccc2c(c1)nc1c3nc4ccccc4n3c3cc(-c4ccc5oc6ccccc6c5c4)ccc3c3ccccc3n21. The maximum absolute atomic E-state index is 6.12. The summed E-state index contributed by atoms with van der Waals surface area (Å²) in [5.41, 5.74) is 11.9. The molecule has 0 radical (unpaired) electrons. The first-order valence-corrected chi connectivity index (χ1v) is 14.4. The topological polar surface area (TPSA) is 47.7 Å². The summed E-state index contributed by atoms with van der Waals surface area (Å²) < 4.78 is 10.7. The number of para-hydroxylation sites is 6. The Balaban J connectivity index is 1.42. The third-order valence-corrected chi connectivity index (χ3v) is 8.71. The fraction of sp³-hybridized carbons (Fsp3) is 0. The molecule has 0 atom stereocenters. The summed E-state index contributed by atoms with van der Waals surface area (Å²) in [5.74, 6) is 0. The smallest absolute Gasteiger partial charge is 0.182 e. The number of imidazole rings is 2. The summed E-state index contributed by atoms with van der Waals surface area (Å²) in [6, 6.07) is 46.7. The van der Waals surface area contributed by atoms with Gasteiger partial charge >= 0.3 is 0 Å². The summed E-state index contributed by atoms with van der Waals surface area (Å²) in [6.45, 7) is 0. The molecule has 0 N–H and O–H groups in total. The lowest BCUT2D eigenvalue weighted by Gasteiger charge is -2.10. The first kappa shape index (κ1) is 22.7. The molecule has 4 heterocycles. The highest BCUT2D eigenvalue weighted by Crippen LogP contribution is 2.36. The van der Waals surface area contributed by atoms with E-state index in [9.17, 15) is 0 Å². The van der Waals surface area contributed by atoms with Crippen LogP contribution >= 0.6 is 0 Å². The van der Waals surface area contributed by atoms with E-state index in [4.69, 9.17) is 14.4 Å². The number of hydrogen-bond acceptors (Lipinski definition) is 3. The molecule has 0 saturated heterocycles. The largest absolute Gasteiger partial charge is 0.456 e. The summed E-state index contributed by atoms with van der Waals surface area (Å²) in [4.78, 5) is 10.4. The van der Waals surface area contributed by atoms with Crippen LogP contribution < -0.4 is 0 Å². The van der Waals surface area contributed by atoms with Gasteiger partial charge in [0.05, 0.1) is 33.1 Å². The number of fused-ring (bicyclic) bond motifs is 15. The molecule has 200 valence electrons. The summed E-state index contributed by atoms with van der Waals surface area (Å²) in [5, 5.41) is 4.53. The van der Waals surface area contributed by atoms with Gasteiger partial charge in [0, 0.05) is 21.5 Å². The number of rotatable bonds is 1. The fourth-order valence-electron chi connectivity index (χ4n) is 6.77. The Bertz CT molecular complexity index is 2800. The van der Waals surface area contributed by atoms with E-state index in [2.05, 4.69) is 118 Å². The van der Waals surface area contributed by atoms with Crippen molar-refractivity contribution in [1.82, 2.24) is 18.8 Å². The van der Waals surface area contributed by atoms with Crippen LogP contribution in [0.1, 0.15) is 0 Å². The quantitative estimate of drug-likeness (QED) is 0.204. The molecule has 0 aliphatic rings. The summed E-state index contributed by atoms with van der Waals surface area (Å²) in [7, 11) is 0. The lowest BCUT2D eigenvalue weighted by Crippen LogP contribution is -1.94. The molecule has 6 aromatic carbocycles. The first-order valence-electron chi connectivity index (χ1n) is 14.4. The summed E-state index contributed by atoms with van der Waals surface area (Å²) in [6.07, 6.45) is 0. The van der Waals surface area contributed by atoms with E-state index in [1.807, 2.05) is 24.3 Å². The van der Waals surface area contributed by atoms with Crippen molar-refractivity contribution < 1.29 is 4.42 Å². The molecular formula is C38H22N4O. The third kappa shape index (κ3) is 3.11. The van der Waals surface area contributed by atoms with Gasteiger partial charge in [0.25, 0.3) is 0 Å². The highest BCUT2D eigenvalue weighted by molar-refractivity contribution is 6.10. The van der Waals surface area contributed by atoms with E-state index >= 15 is 0 Å². The van der Waals surface area contributed by atoms with E-state index < -0.39 is 0 Å². The Morgan fingerprint density at radius 1 is 0.395 bits per heavy atom. The first-order chi connectivity index (χ1) is 21.3. The second kappa shape index (κ2) is 8.30. The molecule has 0 aliphatic heterocycles. The van der Waals surface area contributed by atoms with Crippen molar-refractivity contribution in [1.29, 1.82) is 0 Å². The van der Waals surface area contributed by atoms with E-state index in [0.717, 1.165) is 88.2 Å². The van der Waals surface area contributed by atoms with E-state index in [1.54, 1.807) is 0 Å². The van der Waals surface area contributed by atoms with Crippen LogP contribution in [0.25, 0.3) is 88.2 Å². The van der Waals surface area contributed by atoms with E-state index in [-0.39, 0.29) is 0 Å². The minimum absolute atomic E-state index is 0.821. The van der Waals surface area contributed by atoms with Crippen LogP contribution in [-0.2, 0) is 0 Å².